The van der Waals surface area contributed by atoms with E-state index in [-0.39, 0.29) is 6.04 Å². The zero-order chi connectivity index (χ0) is 8.39. The number of para-hydroxylation sites is 1. The van der Waals surface area contributed by atoms with Gasteiger partial charge in [0.25, 0.3) is 0 Å². The number of hydrogen-bond donors (Lipinski definition) is 2. The Hall–Kier alpha value is -1.53. The van der Waals surface area contributed by atoms with Crippen LogP contribution in [0.4, 0.5) is 5.69 Å². The van der Waals surface area contributed by atoms with Gasteiger partial charge >= 0.3 is 0 Å². The van der Waals surface area contributed by atoms with Crippen LogP contribution < -0.4 is 5.32 Å². The first kappa shape index (κ1) is 7.14. The maximum absolute atomic E-state index is 6.83. The molecule has 12 heavy (non-hydrogen) atoms. The van der Waals surface area contributed by atoms with Crippen molar-refractivity contribution < 1.29 is 0 Å². The molecule has 0 aromatic heterocycles. The van der Waals surface area contributed by atoms with Crippen LogP contribution in [0.1, 0.15) is 5.56 Å². The van der Waals surface area contributed by atoms with Gasteiger partial charge in [-0.2, -0.15) is 0 Å². The zero-order valence-electron chi connectivity index (χ0n) is 6.67. The van der Waals surface area contributed by atoms with Gasteiger partial charge in [-0.05, 0) is 30.0 Å². The van der Waals surface area contributed by atoms with Crippen molar-refractivity contribution in [1.82, 2.24) is 0 Å². The third kappa shape index (κ3) is 1.13. The molecule has 1 aromatic rings. The van der Waals surface area contributed by atoms with Crippen molar-refractivity contribution in [2.75, 3.05) is 5.32 Å². The highest BCUT2D eigenvalue weighted by Crippen LogP contribution is 2.24. The lowest BCUT2D eigenvalue weighted by atomic mass is 10.1. The second-order valence-electron chi connectivity index (χ2n) is 2.92. The molecule has 0 saturated carbocycles. The molecule has 0 fully saturated rings. The fourth-order valence-corrected chi connectivity index (χ4v) is 1.53. The maximum atomic E-state index is 6.83. The lowest BCUT2D eigenvalue weighted by molar-refractivity contribution is 0.931. The van der Waals surface area contributed by atoms with Gasteiger partial charge in [0.2, 0.25) is 0 Å². The lowest BCUT2D eigenvalue weighted by Crippen LogP contribution is -2.11. The van der Waals surface area contributed by atoms with E-state index < -0.39 is 0 Å². The molecule has 1 unspecified atom stereocenters. The summed E-state index contributed by atoms with van der Waals surface area (Å²) in [5.41, 5.74) is 2.52. The van der Waals surface area contributed by atoms with Crippen molar-refractivity contribution in [3.8, 4) is 0 Å². The Morgan fingerprint density at radius 3 is 3.08 bits per heavy atom. The molecule has 0 spiro atoms. The Morgan fingerprint density at radius 1 is 1.50 bits per heavy atom. The van der Waals surface area contributed by atoms with Crippen LogP contribution >= 0.6 is 0 Å². The molecule has 0 bridgehead atoms. The van der Waals surface area contributed by atoms with Crippen LogP contribution in [-0.4, -0.2) is 11.9 Å². The second-order valence-corrected chi connectivity index (χ2v) is 2.92. The molecule has 0 radical (unpaired) electrons. The molecule has 1 aromatic carbocycles. The summed E-state index contributed by atoms with van der Waals surface area (Å²) in [4.78, 5) is 0. The molecule has 0 saturated heterocycles. The minimum atomic E-state index is 0.264. The highest BCUT2D eigenvalue weighted by atomic mass is 14.9. The van der Waals surface area contributed by atoms with E-state index in [1.54, 1.807) is 6.08 Å². The van der Waals surface area contributed by atoms with E-state index >= 15 is 0 Å². The van der Waals surface area contributed by atoms with E-state index in [9.17, 15) is 0 Å². The van der Waals surface area contributed by atoms with Gasteiger partial charge in [0.05, 0.1) is 6.04 Å². The Balaban J connectivity index is 2.27. The molecule has 2 nitrogen and oxygen atoms in total. The van der Waals surface area contributed by atoms with Gasteiger partial charge in [0.15, 0.2) is 0 Å². The highest BCUT2D eigenvalue weighted by molar-refractivity contribution is 5.61. The monoisotopic (exact) mass is 158 g/mol. The first-order valence-corrected chi connectivity index (χ1v) is 4.00. The number of rotatable bonds is 1. The molecule has 0 amide bonds. The molecule has 1 atom stereocenters. The van der Waals surface area contributed by atoms with E-state index in [1.165, 1.54) is 11.3 Å². The Morgan fingerprint density at radius 2 is 2.33 bits per heavy atom. The molecule has 60 valence electrons. The van der Waals surface area contributed by atoms with Crippen LogP contribution in [0.15, 0.2) is 30.3 Å². The van der Waals surface area contributed by atoms with Crippen molar-refractivity contribution in [1.29, 1.82) is 5.41 Å². The van der Waals surface area contributed by atoms with Crippen LogP contribution in [0.2, 0.25) is 0 Å². The van der Waals surface area contributed by atoms with Crippen LogP contribution in [0.25, 0.3) is 0 Å². The van der Waals surface area contributed by atoms with E-state index in [0.29, 0.717) is 0 Å². The van der Waals surface area contributed by atoms with Crippen LogP contribution in [-0.2, 0) is 6.42 Å². The third-order valence-electron chi connectivity index (χ3n) is 2.08. The van der Waals surface area contributed by atoms with E-state index in [2.05, 4.69) is 23.3 Å². The molecular weight excluding hydrogens is 148 g/mol. The fraction of sp³-hybridized carbons (Fsp3) is 0.200. The van der Waals surface area contributed by atoms with Crippen molar-refractivity contribution in [2.45, 2.75) is 12.5 Å². The highest BCUT2D eigenvalue weighted by Gasteiger charge is 2.16. The number of fused-ring (bicyclic) bond motifs is 1. The second kappa shape index (κ2) is 2.84. The summed E-state index contributed by atoms with van der Waals surface area (Å²) in [6.45, 7) is 0. The van der Waals surface area contributed by atoms with Crippen molar-refractivity contribution in [3.63, 3.8) is 0 Å². The normalized spacial score (nSPS) is 19.2. The quantitative estimate of drug-likeness (QED) is 0.601. The van der Waals surface area contributed by atoms with Gasteiger partial charge in [0.1, 0.15) is 0 Å². The van der Waals surface area contributed by atoms with E-state index in [1.807, 2.05) is 12.1 Å². The van der Waals surface area contributed by atoms with E-state index in [0.717, 1.165) is 6.42 Å². The van der Waals surface area contributed by atoms with Gasteiger partial charge in [0, 0.05) is 5.69 Å². The summed E-state index contributed by atoms with van der Waals surface area (Å²) in [5, 5.41) is 10.1. The van der Waals surface area contributed by atoms with E-state index in [4.69, 9.17) is 5.41 Å². The first-order chi connectivity index (χ1) is 5.90. The number of hydrogen-bond acceptors (Lipinski definition) is 2. The number of nitrogens with one attached hydrogen (secondary N) is 2. The smallest absolute Gasteiger partial charge is 0.0574 e. The summed E-state index contributed by atoms with van der Waals surface area (Å²) in [5.74, 6) is 2.31. The van der Waals surface area contributed by atoms with Gasteiger partial charge in [-0.15, -0.1) is 0 Å². The van der Waals surface area contributed by atoms with Gasteiger partial charge in [-0.3, -0.25) is 5.41 Å². The summed E-state index contributed by atoms with van der Waals surface area (Å²) in [7, 11) is 0. The summed E-state index contributed by atoms with van der Waals surface area (Å²) in [6, 6.07) is 8.49. The summed E-state index contributed by atoms with van der Waals surface area (Å²) < 4.78 is 0. The predicted molar refractivity (Wildman–Crippen MR) is 49.9 cm³/mol. The topological polar surface area (TPSA) is 35.9 Å². The zero-order valence-corrected chi connectivity index (χ0v) is 6.67. The first-order valence-electron chi connectivity index (χ1n) is 4.00. The minimum absolute atomic E-state index is 0.264. The maximum Gasteiger partial charge on any atom is 0.0574 e. The Labute approximate surface area is 71.4 Å². The average Bonchev–Trinajstić information content (AvgIpc) is 2.47. The molecule has 0 aliphatic carbocycles. The van der Waals surface area contributed by atoms with Gasteiger partial charge < -0.3 is 5.32 Å². The predicted octanol–water partition coefficient (Wildman–Crippen LogP) is 1.83. The largest absolute Gasteiger partial charge is 0.378 e. The molecule has 1 aliphatic heterocycles. The third-order valence-corrected chi connectivity index (χ3v) is 2.08. The number of anilines is 1. The van der Waals surface area contributed by atoms with Crippen LogP contribution in [0.5, 0.6) is 0 Å². The Bertz CT molecular complexity index is 312. The minimum Gasteiger partial charge on any atom is -0.378 e. The Kier molecular flexibility index (Phi) is 1.69. The van der Waals surface area contributed by atoms with Crippen LogP contribution in [0, 0.1) is 5.41 Å². The SMILES string of the molecule is N=C=CC1Cc2ccccc2N1. The molecule has 2 heteroatoms. The van der Waals surface area contributed by atoms with Gasteiger partial charge in [-0.1, -0.05) is 18.2 Å². The lowest BCUT2D eigenvalue weighted by Gasteiger charge is -2.01. The van der Waals surface area contributed by atoms with Crippen molar-refractivity contribution in [3.05, 3.63) is 35.9 Å². The molecule has 1 heterocycles. The standard InChI is InChI=1S/C10H10N2/c11-6-5-9-7-8-3-1-2-4-10(8)12-9/h1-5,9,11-12H,7H2. The van der Waals surface area contributed by atoms with Crippen LogP contribution in [0.3, 0.4) is 0 Å². The molecule has 2 N–H and O–H groups in total. The van der Waals surface area contributed by atoms with Gasteiger partial charge in [-0.25, -0.2) is 0 Å². The molecule has 2 rings (SSSR count). The van der Waals surface area contributed by atoms with Crippen molar-refractivity contribution in [2.24, 2.45) is 0 Å². The molecule has 1 aliphatic rings. The van der Waals surface area contributed by atoms with Crippen molar-refractivity contribution >= 4 is 11.6 Å². The average molecular weight is 158 g/mol. The molecular formula is C10H10N2. The number of benzene rings is 1. The summed E-state index contributed by atoms with van der Waals surface area (Å²) >= 11 is 0. The summed E-state index contributed by atoms with van der Waals surface area (Å²) in [6.07, 6.45) is 2.72. The fourth-order valence-electron chi connectivity index (χ4n) is 1.53.